The van der Waals surface area contributed by atoms with Crippen molar-refractivity contribution in [1.29, 1.82) is 0 Å². The van der Waals surface area contributed by atoms with Crippen molar-refractivity contribution in [3.63, 3.8) is 0 Å². The molecule has 2 nitrogen and oxygen atoms in total. The van der Waals surface area contributed by atoms with E-state index in [1.165, 1.54) is 37.1 Å². The molecular weight excluding hydrogens is 356 g/mol. The standard InChI is InChI=1S/C15H16BrClN2S/c16-10-6-7-11(12(17)8-10)13-14(18)20-15(19-13)9-4-2-1-3-5-9/h6-9H,1-5,18H2. The second-order valence-corrected chi connectivity index (χ2v) is 7.61. The van der Waals surface area contributed by atoms with Gasteiger partial charge in [0.15, 0.2) is 0 Å². The van der Waals surface area contributed by atoms with Crippen molar-refractivity contribution in [2.45, 2.75) is 38.0 Å². The highest BCUT2D eigenvalue weighted by atomic mass is 79.9. The average molecular weight is 372 g/mol. The van der Waals surface area contributed by atoms with E-state index in [0.29, 0.717) is 10.9 Å². The fraction of sp³-hybridized carbons (Fsp3) is 0.400. The summed E-state index contributed by atoms with van der Waals surface area (Å²) >= 11 is 11.4. The Morgan fingerprint density at radius 3 is 2.70 bits per heavy atom. The molecule has 2 N–H and O–H groups in total. The molecule has 0 unspecified atom stereocenters. The van der Waals surface area contributed by atoms with Gasteiger partial charge in [-0.2, -0.15) is 0 Å². The Bertz CT molecular complexity index is 620. The Morgan fingerprint density at radius 1 is 1.25 bits per heavy atom. The molecule has 0 saturated heterocycles. The quantitative estimate of drug-likeness (QED) is 0.718. The maximum atomic E-state index is 6.31. The van der Waals surface area contributed by atoms with Crippen LogP contribution >= 0.6 is 38.9 Å². The molecule has 0 bridgehead atoms. The van der Waals surface area contributed by atoms with Crippen LogP contribution in [-0.2, 0) is 0 Å². The molecule has 0 atom stereocenters. The van der Waals surface area contributed by atoms with Gasteiger partial charge in [-0.25, -0.2) is 4.98 Å². The summed E-state index contributed by atoms with van der Waals surface area (Å²) in [7, 11) is 0. The van der Waals surface area contributed by atoms with Crippen molar-refractivity contribution in [1.82, 2.24) is 4.98 Å². The zero-order chi connectivity index (χ0) is 14.1. The molecule has 0 spiro atoms. The van der Waals surface area contributed by atoms with Gasteiger partial charge in [-0.3, -0.25) is 0 Å². The highest BCUT2D eigenvalue weighted by Crippen LogP contribution is 2.41. The van der Waals surface area contributed by atoms with Crippen molar-refractivity contribution in [3.05, 3.63) is 32.7 Å². The Labute approximate surface area is 136 Å². The number of rotatable bonds is 2. The minimum atomic E-state index is 0.582. The van der Waals surface area contributed by atoms with Crippen LogP contribution in [0.3, 0.4) is 0 Å². The minimum Gasteiger partial charge on any atom is -0.389 e. The van der Waals surface area contributed by atoms with Gasteiger partial charge in [-0.15, -0.1) is 11.3 Å². The summed E-state index contributed by atoms with van der Waals surface area (Å²) in [5, 5.41) is 2.64. The highest BCUT2D eigenvalue weighted by Gasteiger charge is 2.21. The van der Waals surface area contributed by atoms with Gasteiger partial charge in [0.05, 0.1) is 10.0 Å². The van der Waals surface area contributed by atoms with Crippen LogP contribution < -0.4 is 5.73 Å². The molecule has 1 aromatic heterocycles. The lowest BCUT2D eigenvalue weighted by atomic mass is 9.90. The zero-order valence-corrected chi connectivity index (χ0v) is 14.2. The van der Waals surface area contributed by atoms with Crippen molar-refractivity contribution in [2.24, 2.45) is 0 Å². The first-order chi connectivity index (χ1) is 9.65. The van der Waals surface area contributed by atoms with E-state index >= 15 is 0 Å². The van der Waals surface area contributed by atoms with Crippen molar-refractivity contribution < 1.29 is 0 Å². The summed E-state index contributed by atoms with van der Waals surface area (Å²) in [4.78, 5) is 4.79. The fourth-order valence-electron chi connectivity index (χ4n) is 2.75. The van der Waals surface area contributed by atoms with Crippen LogP contribution in [0.1, 0.15) is 43.0 Å². The third-order valence-electron chi connectivity index (χ3n) is 3.81. The molecule has 1 fully saturated rings. The first-order valence-corrected chi connectivity index (χ1v) is 8.85. The molecule has 1 aliphatic carbocycles. The number of hydrogen-bond acceptors (Lipinski definition) is 3. The number of nitrogens with two attached hydrogens (primary N) is 1. The molecule has 0 aliphatic heterocycles. The first kappa shape index (κ1) is 14.4. The van der Waals surface area contributed by atoms with Crippen LogP contribution in [0.5, 0.6) is 0 Å². The number of nitrogen functional groups attached to an aromatic ring is 1. The second kappa shape index (κ2) is 6.04. The minimum absolute atomic E-state index is 0.582. The molecule has 0 radical (unpaired) electrons. The molecule has 5 heteroatoms. The van der Waals surface area contributed by atoms with Gasteiger partial charge in [0.1, 0.15) is 10.7 Å². The Hall–Kier alpha value is -0.580. The third-order valence-corrected chi connectivity index (χ3v) is 5.66. The van der Waals surface area contributed by atoms with E-state index in [2.05, 4.69) is 15.9 Å². The van der Waals surface area contributed by atoms with E-state index in [9.17, 15) is 0 Å². The predicted molar refractivity (Wildman–Crippen MR) is 90.5 cm³/mol. The molecular formula is C15H16BrClN2S. The average Bonchev–Trinajstić information content (AvgIpc) is 2.82. The lowest BCUT2D eigenvalue weighted by molar-refractivity contribution is 0.442. The molecule has 1 aromatic carbocycles. The summed E-state index contributed by atoms with van der Waals surface area (Å²) in [6, 6.07) is 5.83. The molecule has 20 heavy (non-hydrogen) atoms. The monoisotopic (exact) mass is 370 g/mol. The molecule has 1 aliphatic rings. The Balaban J connectivity index is 1.95. The van der Waals surface area contributed by atoms with E-state index < -0.39 is 0 Å². The molecule has 0 amide bonds. The molecule has 3 rings (SSSR count). The number of aromatic nitrogens is 1. The molecule has 1 heterocycles. The summed E-state index contributed by atoms with van der Waals surface area (Å²) < 4.78 is 0.965. The maximum absolute atomic E-state index is 6.31. The van der Waals surface area contributed by atoms with E-state index in [4.69, 9.17) is 22.3 Å². The van der Waals surface area contributed by atoms with E-state index in [0.717, 1.165) is 20.7 Å². The summed E-state index contributed by atoms with van der Waals surface area (Å²) in [5.41, 5.74) is 7.94. The SMILES string of the molecule is Nc1sc(C2CCCCC2)nc1-c1ccc(Br)cc1Cl. The van der Waals surface area contributed by atoms with Crippen molar-refractivity contribution in [2.75, 3.05) is 5.73 Å². The lowest BCUT2D eigenvalue weighted by Gasteiger charge is -2.18. The van der Waals surface area contributed by atoms with Gasteiger partial charge in [0.25, 0.3) is 0 Å². The summed E-state index contributed by atoms with van der Waals surface area (Å²) in [6.07, 6.45) is 6.43. The first-order valence-electron chi connectivity index (χ1n) is 6.87. The van der Waals surface area contributed by atoms with Gasteiger partial charge in [-0.05, 0) is 25.0 Å². The van der Waals surface area contributed by atoms with Gasteiger partial charge in [0, 0.05) is 16.0 Å². The smallest absolute Gasteiger partial charge is 0.114 e. The van der Waals surface area contributed by atoms with Crippen LogP contribution in [-0.4, -0.2) is 4.98 Å². The maximum Gasteiger partial charge on any atom is 0.114 e. The molecule has 106 valence electrons. The van der Waals surface area contributed by atoms with E-state index in [-0.39, 0.29) is 0 Å². The third kappa shape index (κ3) is 2.87. The van der Waals surface area contributed by atoms with Crippen LogP contribution in [0.15, 0.2) is 22.7 Å². The van der Waals surface area contributed by atoms with Crippen molar-refractivity contribution in [3.8, 4) is 11.3 Å². The number of benzene rings is 1. The number of hydrogen-bond donors (Lipinski definition) is 1. The molecule has 1 saturated carbocycles. The van der Waals surface area contributed by atoms with Crippen LogP contribution in [0.25, 0.3) is 11.3 Å². The highest BCUT2D eigenvalue weighted by molar-refractivity contribution is 9.10. The Morgan fingerprint density at radius 2 is 2.00 bits per heavy atom. The topological polar surface area (TPSA) is 38.9 Å². The largest absolute Gasteiger partial charge is 0.389 e. The van der Waals surface area contributed by atoms with E-state index in [1.807, 2.05) is 18.2 Å². The van der Waals surface area contributed by atoms with Gasteiger partial charge in [-0.1, -0.05) is 52.9 Å². The van der Waals surface area contributed by atoms with Gasteiger partial charge < -0.3 is 5.73 Å². The van der Waals surface area contributed by atoms with Gasteiger partial charge in [0.2, 0.25) is 0 Å². The normalized spacial score (nSPS) is 16.5. The van der Waals surface area contributed by atoms with Crippen LogP contribution in [0, 0.1) is 0 Å². The van der Waals surface area contributed by atoms with E-state index in [1.54, 1.807) is 11.3 Å². The fourth-order valence-corrected chi connectivity index (χ4v) is 4.53. The van der Waals surface area contributed by atoms with Gasteiger partial charge >= 0.3 is 0 Å². The summed E-state index contributed by atoms with van der Waals surface area (Å²) in [6.45, 7) is 0. The van der Waals surface area contributed by atoms with Crippen molar-refractivity contribution >= 4 is 43.9 Å². The number of thiazole rings is 1. The zero-order valence-electron chi connectivity index (χ0n) is 11.0. The number of nitrogens with zero attached hydrogens (tertiary/aromatic N) is 1. The Kier molecular flexibility index (Phi) is 4.34. The second-order valence-electron chi connectivity index (χ2n) is 5.22. The summed E-state index contributed by atoms with van der Waals surface area (Å²) in [5.74, 6) is 0.582. The number of anilines is 1. The predicted octanol–water partition coefficient (Wildman–Crippen LogP) is 5.86. The lowest BCUT2D eigenvalue weighted by Crippen LogP contribution is -2.03. The molecule has 2 aromatic rings. The van der Waals surface area contributed by atoms with Crippen LogP contribution in [0.4, 0.5) is 5.00 Å². The number of halogens is 2. The van der Waals surface area contributed by atoms with Crippen LogP contribution in [0.2, 0.25) is 5.02 Å².